The Morgan fingerprint density at radius 3 is 2.80 bits per heavy atom. The molecule has 0 saturated heterocycles. The average Bonchev–Trinajstić information content (AvgIpc) is 2.45. The molecule has 20 heavy (non-hydrogen) atoms. The predicted octanol–water partition coefficient (Wildman–Crippen LogP) is 4.06. The summed E-state index contributed by atoms with van der Waals surface area (Å²) < 4.78 is 0. The van der Waals surface area contributed by atoms with Gasteiger partial charge in [-0.25, -0.2) is 0 Å². The highest BCUT2D eigenvalue weighted by Gasteiger charge is 2.23. The first-order chi connectivity index (χ1) is 9.65. The van der Waals surface area contributed by atoms with E-state index in [0.717, 1.165) is 12.2 Å². The molecule has 1 aliphatic rings. The monoisotopic (exact) mass is 282 g/mol. The van der Waals surface area contributed by atoms with Crippen molar-refractivity contribution < 1.29 is 0 Å². The highest BCUT2D eigenvalue weighted by atomic mass is 32.2. The molecule has 1 atom stereocenters. The Morgan fingerprint density at radius 1 is 1.20 bits per heavy atom. The minimum atomic E-state index is -0.166. The minimum Gasteiger partial charge on any atom is -0.379 e. The summed E-state index contributed by atoms with van der Waals surface area (Å²) in [6.07, 6.45) is 5.35. The third-order valence-corrected chi connectivity index (χ3v) is 4.43. The van der Waals surface area contributed by atoms with Crippen LogP contribution >= 0.6 is 11.8 Å². The molecule has 2 nitrogen and oxygen atoms in total. The number of benzene rings is 2. The number of aliphatic imine (C=N–C) groups is 1. The lowest BCUT2D eigenvalue weighted by atomic mass is 9.97. The summed E-state index contributed by atoms with van der Waals surface area (Å²) in [7, 11) is 0. The van der Waals surface area contributed by atoms with Crippen LogP contribution in [0.25, 0.3) is 16.8 Å². The Hall–Kier alpha value is -1.74. The Kier molecular flexibility index (Phi) is 3.53. The van der Waals surface area contributed by atoms with Gasteiger partial charge in [0.15, 0.2) is 5.17 Å². The fourth-order valence-corrected chi connectivity index (χ4v) is 3.41. The van der Waals surface area contributed by atoms with E-state index in [4.69, 9.17) is 5.73 Å². The second kappa shape index (κ2) is 5.33. The predicted molar refractivity (Wildman–Crippen MR) is 90.1 cm³/mol. The third-order valence-electron chi connectivity index (χ3n) is 3.63. The molecule has 2 N–H and O–H groups in total. The van der Waals surface area contributed by atoms with Crippen molar-refractivity contribution in [1.29, 1.82) is 0 Å². The Bertz CT molecular complexity index is 690. The standard InChI is InChI=1S/C17H18N2S/c1-17(10-11-20-16(18)19-17)9-8-13-6-7-14-4-2-3-5-15(14)12-13/h2-9,12H,10-11H2,1H3,(H2,18,19). The maximum atomic E-state index is 5.83. The summed E-state index contributed by atoms with van der Waals surface area (Å²) in [4.78, 5) is 4.56. The number of amidine groups is 1. The molecular weight excluding hydrogens is 264 g/mol. The highest BCUT2D eigenvalue weighted by molar-refractivity contribution is 8.13. The van der Waals surface area contributed by atoms with Crippen LogP contribution < -0.4 is 5.73 Å². The number of thioether (sulfide) groups is 1. The molecule has 0 bridgehead atoms. The highest BCUT2D eigenvalue weighted by Crippen LogP contribution is 2.27. The van der Waals surface area contributed by atoms with Crippen LogP contribution in [0.5, 0.6) is 0 Å². The van der Waals surface area contributed by atoms with Gasteiger partial charge in [0.2, 0.25) is 0 Å². The van der Waals surface area contributed by atoms with E-state index in [-0.39, 0.29) is 5.54 Å². The molecule has 1 unspecified atom stereocenters. The van der Waals surface area contributed by atoms with Gasteiger partial charge < -0.3 is 5.73 Å². The van der Waals surface area contributed by atoms with Gasteiger partial charge in [0, 0.05) is 5.75 Å². The van der Waals surface area contributed by atoms with Gasteiger partial charge in [0.05, 0.1) is 5.54 Å². The van der Waals surface area contributed by atoms with Gasteiger partial charge in [-0.05, 0) is 35.7 Å². The molecule has 1 aliphatic heterocycles. The summed E-state index contributed by atoms with van der Waals surface area (Å²) >= 11 is 1.64. The molecule has 0 aliphatic carbocycles. The van der Waals surface area contributed by atoms with Crippen molar-refractivity contribution in [3.8, 4) is 0 Å². The van der Waals surface area contributed by atoms with Gasteiger partial charge >= 0.3 is 0 Å². The zero-order chi connectivity index (χ0) is 14.0. The van der Waals surface area contributed by atoms with E-state index in [1.54, 1.807) is 11.8 Å². The van der Waals surface area contributed by atoms with E-state index >= 15 is 0 Å². The SMILES string of the molecule is CC1(C=Cc2ccc3ccccc3c2)CCSC(N)=N1. The molecule has 2 aromatic carbocycles. The van der Waals surface area contributed by atoms with Crippen molar-refractivity contribution in [2.24, 2.45) is 10.7 Å². The average molecular weight is 282 g/mol. The zero-order valence-corrected chi connectivity index (χ0v) is 12.4. The van der Waals surface area contributed by atoms with Crippen molar-refractivity contribution in [3.05, 3.63) is 54.1 Å². The summed E-state index contributed by atoms with van der Waals surface area (Å²) in [5.74, 6) is 1.04. The molecule has 0 aromatic heterocycles. The number of nitrogens with zero attached hydrogens (tertiary/aromatic N) is 1. The number of fused-ring (bicyclic) bond motifs is 1. The number of nitrogens with two attached hydrogens (primary N) is 1. The molecule has 0 fully saturated rings. The molecular formula is C17H18N2S. The van der Waals surface area contributed by atoms with Crippen LogP contribution in [0, 0.1) is 0 Å². The Morgan fingerprint density at radius 2 is 2.00 bits per heavy atom. The second-order valence-corrected chi connectivity index (χ2v) is 6.46. The van der Waals surface area contributed by atoms with E-state index in [0.29, 0.717) is 5.17 Å². The van der Waals surface area contributed by atoms with E-state index in [9.17, 15) is 0 Å². The smallest absolute Gasteiger partial charge is 0.154 e. The van der Waals surface area contributed by atoms with Crippen LogP contribution in [0.1, 0.15) is 18.9 Å². The van der Waals surface area contributed by atoms with Crippen LogP contribution in [0.4, 0.5) is 0 Å². The summed E-state index contributed by atoms with van der Waals surface area (Å²) in [6, 6.07) is 14.9. The number of rotatable bonds is 2. The van der Waals surface area contributed by atoms with Gasteiger partial charge in [-0.1, -0.05) is 60.3 Å². The summed E-state index contributed by atoms with van der Waals surface area (Å²) in [6.45, 7) is 2.14. The van der Waals surface area contributed by atoms with Crippen LogP contribution in [0.2, 0.25) is 0 Å². The Labute approximate surface area is 123 Å². The lowest BCUT2D eigenvalue weighted by Gasteiger charge is -2.25. The quantitative estimate of drug-likeness (QED) is 0.902. The Balaban J connectivity index is 1.89. The molecule has 102 valence electrons. The van der Waals surface area contributed by atoms with Crippen LogP contribution in [0.15, 0.2) is 53.5 Å². The number of hydrogen-bond donors (Lipinski definition) is 1. The third kappa shape index (κ3) is 2.88. The molecule has 3 rings (SSSR count). The normalized spacial score (nSPS) is 23.1. The maximum absolute atomic E-state index is 5.83. The topological polar surface area (TPSA) is 38.4 Å². The maximum Gasteiger partial charge on any atom is 0.154 e. The molecule has 3 heteroatoms. The van der Waals surface area contributed by atoms with Crippen molar-refractivity contribution in [2.75, 3.05) is 5.75 Å². The van der Waals surface area contributed by atoms with Gasteiger partial charge in [0.25, 0.3) is 0 Å². The fourth-order valence-electron chi connectivity index (χ4n) is 2.41. The first-order valence-corrected chi connectivity index (χ1v) is 7.79. The molecule has 0 radical (unpaired) electrons. The lowest BCUT2D eigenvalue weighted by molar-refractivity contribution is 0.572. The first-order valence-electron chi connectivity index (χ1n) is 6.81. The van der Waals surface area contributed by atoms with E-state index < -0.39 is 0 Å². The molecule has 2 aromatic rings. The largest absolute Gasteiger partial charge is 0.379 e. The zero-order valence-electron chi connectivity index (χ0n) is 11.5. The summed E-state index contributed by atoms with van der Waals surface area (Å²) in [5.41, 5.74) is 6.87. The molecule has 0 saturated carbocycles. The van der Waals surface area contributed by atoms with Crippen molar-refractivity contribution in [3.63, 3.8) is 0 Å². The van der Waals surface area contributed by atoms with Gasteiger partial charge in [0.1, 0.15) is 0 Å². The first kappa shape index (κ1) is 13.3. The van der Waals surface area contributed by atoms with Crippen molar-refractivity contribution in [1.82, 2.24) is 0 Å². The molecule has 1 heterocycles. The molecule has 0 spiro atoms. The van der Waals surface area contributed by atoms with Crippen molar-refractivity contribution in [2.45, 2.75) is 18.9 Å². The van der Waals surface area contributed by atoms with E-state index in [1.807, 2.05) is 0 Å². The van der Waals surface area contributed by atoms with Gasteiger partial charge in [-0.15, -0.1) is 0 Å². The number of hydrogen-bond acceptors (Lipinski definition) is 3. The van der Waals surface area contributed by atoms with Crippen molar-refractivity contribution >= 4 is 33.8 Å². The van der Waals surface area contributed by atoms with Gasteiger partial charge in [-0.3, -0.25) is 4.99 Å². The van der Waals surface area contributed by atoms with E-state index in [2.05, 4.69) is 66.5 Å². The van der Waals surface area contributed by atoms with Crippen LogP contribution in [0.3, 0.4) is 0 Å². The molecule has 0 amide bonds. The van der Waals surface area contributed by atoms with Crippen LogP contribution in [-0.2, 0) is 0 Å². The minimum absolute atomic E-state index is 0.166. The lowest BCUT2D eigenvalue weighted by Crippen LogP contribution is -2.28. The van der Waals surface area contributed by atoms with Gasteiger partial charge in [-0.2, -0.15) is 0 Å². The fraction of sp³-hybridized carbons (Fsp3) is 0.235. The van der Waals surface area contributed by atoms with E-state index in [1.165, 1.54) is 16.3 Å². The second-order valence-electron chi connectivity index (χ2n) is 5.35. The van der Waals surface area contributed by atoms with Crippen LogP contribution in [-0.4, -0.2) is 16.5 Å². The summed E-state index contributed by atoms with van der Waals surface area (Å²) in [5, 5.41) is 3.23.